The van der Waals surface area contributed by atoms with E-state index in [1.807, 2.05) is 6.08 Å². The number of carboxylic acid groups (broad SMARTS) is 1. The molecular formula is C19H32N2O5. The van der Waals surface area contributed by atoms with Crippen LogP contribution in [0.2, 0.25) is 0 Å². The SMILES string of the molecule is C=CCCCCC[C@H](NC(=O)OC(C)(C)C)C(=O)N1CCC[C@H]1C(=O)O. The van der Waals surface area contributed by atoms with E-state index in [9.17, 15) is 19.5 Å². The molecule has 7 heteroatoms. The zero-order valence-electron chi connectivity index (χ0n) is 16.1. The van der Waals surface area contributed by atoms with Crippen molar-refractivity contribution in [1.82, 2.24) is 10.2 Å². The predicted molar refractivity (Wildman–Crippen MR) is 98.8 cm³/mol. The number of carboxylic acids is 1. The number of allylic oxidation sites excluding steroid dienone is 1. The normalized spacial score (nSPS) is 18.3. The molecule has 1 saturated heterocycles. The van der Waals surface area contributed by atoms with Crippen LogP contribution in [0.3, 0.4) is 0 Å². The molecule has 2 N–H and O–H groups in total. The fourth-order valence-corrected chi connectivity index (χ4v) is 3.01. The second-order valence-corrected chi connectivity index (χ2v) is 7.65. The molecule has 2 atom stereocenters. The molecule has 1 rings (SSSR count). The quantitative estimate of drug-likeness (QED) is 0.481. The van der Waals surface area contributed by atoms with Crippen molar-refractivity contribution in [2.24, 2.45) is 0 Å². The van der Waals surface area contributed by atoms with Crippen molar-refractivity contribution in [3.63, 3.8) is 0 Å². The summed E-state index contributed by atoms with van der Waals surface area (Å²) < 4.78 is 5.25. The van der Waals surface area contributed by atoms with Gasteiger partial charge >= 0.3 is 12.1 Å². The molecule has 2 amide bonds. The first-order valence-corrected chi connectivity index (χ1v) is 9.29. The molecular weight excluding hydrogens is 336 g/mol. The molecule has 0 bridgehead atoms. The number of nitrogens with one attached hydrogen (secondary N) is 1. The number of alkyl carbamates (subject to hydrolysis) is 1. The van der Waals surface area contributed by atoms with Gasteiger partial charge < -0.3 is 20.1 Å². The lowest BCUT2D eigenvalue weighted by molar-refractivity contribution is -0.149. The Balaban J connectivity index is 2.74. The fraction of sp³-hybridized carbons (Fsp3) is 0.737. The van der Waals surface area contributed by atoms with Crippen molar-refractivity contribution < 1.29 is 24.2 Å². The predicted octanol–water partition coefficient (Wildman–Crippen LogP) is 3.09. The molecule has 0 spiro atoms. The minimum absolute atomic E-state index is 0.343. The van der Waals surface area contributed by atoms with Crippen molar-refractivity contribution in [3.8, 4) is 0 Å². The van der Waals surface area contributed by atoms with Gasteiger partial charge in [-0.3, -0.25) is 4.79 Å². The standard InChI is InChI=1S/C19H32N2O5/c1-5-6-7-8-9-11-14(20-18(25)26-19(2,3)4)16(22)21-13-10-12-15(21)17(23)24/h5,14-15H,1,6-13H2,2-4H3,(H,20,25)(H,23,24)/t14-,15-/m0/s1. The number of rotatable bonds is 9. The molecule has 26 heavy (non-hydrogen) atoms. The molecule has 0 radical (unpaired) electrons. The molecule has 0 aromatic heterocycles. The highest BCUT2D eigenvalue weighted by Crippen LogP contribution is 2.20. The number of likely N-dealkylation sites (tertiary alicyclic amines) is 1. The Kier molecular flexibility index (Phi) is 8.61. The molecule has 7 nitrogen and oxygen atoms in total. The smallest absolute Gasteiger partial charge is 0.408 e. The minimum Gasteiger partial charge on any atom is -0.480 e. The van der Waals surface area contributed by atoms with Crippen LogP contribution in [0.25, 0.3) is 0 Å². The van der Waals surface area contributed by atoms with Crippen LogP contribution in [0.15, 0.2) is 12.7 Å². The zero-order valence-corrected chi connectivity index (χ0v) is 16.1. The minimum atomic E-state index is -1.00. The van der Waals surface area contributed by atoms with Gasteiger partial charge in [0.25, 0.3) is 0 Å². The lowest BCUT2D eigenvalue weighted by Gasteiger charge is -2.28. The van der Waals surface area contributed by atoms with Crippen LogP contribution in [0.4, 0.5) is 4.79 Å². The summed E-state index contributed by atoms with van der Waals surface area (Å²) in [6, 6.07) is -1.58. The Morgan fingerprint density at radius 1 is 1.31 bits per heavy atom. The van der Waals surface area contributed by atoms with E-state index in [2.05, 4.69) is 11.9 Å². The van der Waals surface area contributed by atoms with Crippen molar-refractivity contribution in [3.05, 3.63) is 12.7 Å². The van der Waals surface area contributed by atoms with Gasteiger partial charge in [-0.1, -0.05) is 18.9 Å². The van der Waals surface area contributed by atoms with Gasteiger partial charge in [-0.2, -0.15) is 0 Å². The molecule has 1 fully saturated rings. The first-order valence-electron chi connectivity index (χ1n) is 9.29. The number of hydrogen-bond donors (Lipinski definition) is 2. The summed E-state index contributed by atoms with van der Waals surface area (Å²) in [6.45, 7) is 9.33. The van der Waals surface area contributed by atoms with Crippen LogP contribution in [0.5, 0.6) is 0 Å². The largest absolute Gasteiger partial charge is 0.480 e. The molecule has 0 saturated carbocycles. The van der Waals surface area contributed by atoms with E-state index in [4.69, 9.17) is 4.74 Å². The van der Waals surface area contributed by atoms with E-state index in [1.54, 1.807) is 20.8 Å². The van der Waals surface area contributed by atoms with Crippen LogP contribution in [0.1, 0.15) is 65.7 Å². The third-order valence-electron chi connectivity index (χ3n) is 4.21. The molecule has 0 unspecified atom stereocenters. The number of carbonyl (C=O) groups excluding carboxylic acids is 2. The van der Waals surface area contributed by atoms with E-state index in [0.717, 1.165) is 25.7 Å². The average Bonchev–Trinajstić information content (AvgIpc) is 3.01. The van der Waals surface area contributed by atoms with Crippen LogP contribution in [-0.4, -0.2) is 52.2 Å². The van der Waals surface area contributed by atoms with Crippen LogP contribution in [-0.2, 0) is 14.3 Å². The molecule has 1 aliphatic rings. The van der Waals surface area contributed by atoms with Crippen molar-refractivity contribution in [2.45, 2.75) is 83.4 Å². The summed E-state index contributed by atoms with van der Waals surface area (Å²) in [4.78, 5) is 37.7. The number of aliphatic carboxylic acids is 1. The molecule has 0 aromatic carbocycles. The number of unbranched alkanes of at least 4 members (excludes halogenated alkanes) is 3. The first-order chi connectivity index (χ1) is 12.2. The molecule has 1 aliphatic heterocycles. The summed E-state index contributed by atoms with van der Waals surface area (Å²) >= 11 is 0. The second-order valence-electron chi connectivity index (χ2n) is 7.65. The average molecular weight is 368 g/mol. The maximum absolute atomic E-state index is 12.9. The summed E-state index contributed by atoms with van der Waals surface area (Å²) in [5.74, 6) is -1.35. The summed E-state index contributed by atoms with van der Waals surface area (Å²) in [6.07, 6.45) is 6.29. The van der Waals surface area contributed by atoms with Crippen LogP contribution in [0, 0.1) is 0 Å². The van der Waals surface area contributed by atoms with E-state index in [1.165, 1.54) is 4.90 Å². The summed E-state index contributed by atoms with van der Waals surface area (Å²) in [5.41, 5.74) is -0.668. The number of carbonyl (C=O) groups is 3. The summed E-state index contributed by atoms with van der Waals surface area (Å²) in [5, 5.41) is 11.9. The number of hydrogen-bond acceptors (Lipinski definition) is 4. The highest BCUT2D eigenvalue weighted by Gasteiger charge is 2.37. The van der Waals surface area contributed by atoms with E-state index < -0.39 is 29.7 Å². The second kappa shape index (κ2) is 10.2. The van der Waals surface area contributed by atoms with Gasteiger partial charge in [0, 0.05) is 6.54 Å². The van der Waals surface area contributed by atoms with Crippen molar-refractivity contribution in [1.29, 1.82) is 0 Å². The lowest BCUT2D eigenvalue weighted by Crippen LogP contribution is -2.52. The monoisotopic (exact) mass is 368 g/mol. The topological polar surface area (TPSA) is 95.9 Å². The lowest BCUT2D eigenvalue weighted by atomic mass is 10.1. The molecule has 1 heterocycles. The van der Waals surface area contributed by atoms with E-state index in [-0.39, 0.29) is 5.91 Å². The van der Waals surface area contributed by atoms with Crippen LogP contribution >= 0.6 is 0 Å². The third kappa shape index (κ3) is 7.45. The molecule has 0 aromatic rings. The highest BCUT2D eigenvalue weighted by atomic mass is 16.6. The van der Waals surface area contributed by atoms with Gasteiger partial charge in [0.2, 0.25) is 5.91 Å². The first kappa shape index (κ1) is 22.0. The van der Waals surface area contributed by atoms with Crippen molar-refractivity contribution in [2.75, 3.05) is 6.54 Å². The van der Waals surface area contributed by atoms with Gasteiger partial charge in [0.1, 0.15) is 17.7 Å². The van der Waals surface area contributed by atoms with Gasteiger partial charge in [-0.25, -0.2) is 9.59 Å². The summed E-state index contributed by atoms with van der Waals surface area (Å²) in [7, 11) is 0. The van der Waals surface area contributed by atoms with Gasteiger partial charge in [0.15, 0.2) is 0 Å². The molecule has 148 valence electrons. The van der Waals surface area contributed by atoms with Crippen LogP contribution < -0.4 is 5.32 Å². The Hall–Kier alpha value is -2.05. The Morgan fingerprint density at radius 2 is 2.00 bits per heavy atom. The van der Waals surface area contributed by atoms with Gasteiger partial charge in [-0.15, -0.1) is 6.58 Å². The Morgan fingerprint density at radius 3 is 2.58 bits per heavy atom. The maximum Gasteiger partial charge on any atom is 0.408 e. The zero-order chi connectivity index (χ0) is 19.7. The number of nitrogens with zero attached hydrogens (tertiary/aromatic N) is 1. The molecule has 0 aliphatic carbocycles. The van der Waals surface area contributed by atoms with E-state index in [0.29, 0.717) is 25.8 Å². The highest BCUT2D eigenvalue weighted by molar-refractivity contribution is 5.89. The van der Waals surface area contributed by atoms with Gasteiger partial charge in [-0.05, 0) is 52.9 Å². The van der Waals surface area contributed by atoms with Crippen molar-refractivity contribution >= 4 is 18.0 Å². The number of ether oxygens (including phenoxy) is 1. The maximum atomic E-state index is 12.9. The Bertz CT molecular complexity index is 513. The Labute approximate surface area is 155 Å². The van der Waals surface area contributed by atoms with E-state index >= 15 is 0 Å². The van der Waals surface area contributed by atoms with Gasteiger partial charge in [0.05, 0.1) is 0 Å². The fourth-order valence-electron chi connectivity index (χ4n) is 3.01. The third-order valence-corrected chi connectivity index (χ3v) is 4.21. The number of amides is 2.